The smallest absolute Gasteiger partial charge is 0.336 e. The van der Waals surface area contributed by atoms with E-state index in [-0.39, 0.29) is 5.63 Å². The molecule has 0 fully saturated rings. The second-order valence-electron chi connectivity index (χ2n) is 5.68. The molecule has 0 aliphatic carbocycles. The first-order valence-corrected chi connectivity index (χ1v) is 8.08. The highest BCUT2D eigenvalue weighted by atomic mass is 16.4. The highest BCUT2D eigenvalue weighted by Gasteiger charge is 2.06. The van der Waals surface area contributed by atoms with Crippen molar-refractivity contribution in [3.63, 3.8) is 0 Å². The Hall–Kier alpha value is -2.55. The molecule has 0 spiro atoms. The second-order valence-corrected chi connectivity index (χ2v) is 5.68. The topological polar surface area (TPSA) is 42.2 Å². The number of hydrogen-bond donors (Lipinski definition) is 1. The van der Waals surface area contributed by atoms with Crippen LogP contribution in [0.1, 0.15) is 30.5 Å². The van der Waals surface area contributed by atoms with Crippen molar-refractivity contribution in [2.75, 3.05) is 5.32 Å². The number of nitrogens with one attached hydrogen (secondary N) is 1. The van der Waals surface area contributed by atoms with Gasteiger partial charge in [0.25, 0.3) is 0 Å². The van der Waals surface area contributed by atoms with Crippen LogP contribution in [0.5, 0.6) is 0 Å². The first kappa shape index (κ1) is 15.3. The van der Waals surface area contributed by atoms with Crippen molar-refractivity contribution in [2.45, 2.75) is 33.2 Å². The number of rotatable bonds is 5. The van der Waals surface area contributed by atoms with Crippen LogP contribution in [-0.4, -0.2) is 0 Å². The Labute approximate surface area is 136 Å². The molecule has 0 saturated heterocycles. The molecule has 0 atom stereocenters. The van der Waals surface area contributed by atoms with E-state index in [1.165, 1.54) is 11.1 Å². The highest BCUT2D eigenvalue weighted by Crippen LogP contribution is 2.20. The lowest BCUT2D eigenvalue weighted by Crippen LogP contribution is -2.06. The van der Waals surface area contributed by atoms with E-state index in [0.29, 0.717) is 12.1 Å². The van der Waals surface area contributed by atoms with Crippen molar-refractivity contribution in [1.82, 2.24) is 0 Å². The Bertz CT molecular complexity index is 880. The zero-order chi connectivity index (χ0) is 16.2. The Morgan fingerprint density at radius 3 is 2.52 bits per heavy atom. The monoisotopic (exact) mass is 307 g/mol. The number of fused-ring (bicyclic) bond motifs is 1. The molecule has 0 unspecified atom stereocenters. The summed E-state index contributed by atoms with van der Waals surface area (Å²) < 4.78 is 5.35. The summed E-state index contributed by atoms with van der Waals surface area (Å²) >= 11 is 0. The normalized spacial score (nSPS) is 10.9. The number of anilines is 1. The summed E-state index contributed by atoms with van der Waals surface area (Å²) in [7, 11) is 0. The van der Waals surface area contributed by atoms with E-state index < -0.39 is 0 Å². The van der Waals surface area contributed by atoms with E-state index in [0.717, 1.165) is 29.5 Å². The number of hydrogen-bond acceptors (Lipinski definition) is 3. The maximum absolute atomic E-state index is 11.8. The van der Waals surface area contributed by atoms with Crippen molar-refractivity contribution in [1.29, 1.82) is 0 Å². The van der Waals surface area contributed by atoms with Crippen LogP contribution >= 0.6 is 0 Å². The van der Waals surface area contributed by atoms with Gasteiger partial charge in [0.2, 0.25) is 0 Å². The summed E-state index contributed by atoms with van der Waals surface area (Å²) in [6, 6.07) is 16.0. The quantitative estimate of drug-likeness (QED) is 0.704. The molecule has 0 radical (unpaired) electrons. The maximum Gasteiger partial charge on any atom is 0.336 e. The zero-order valence-corrected chi connectivity index (χ0v) is 13.6. The minimum Gasteiger partial charge on any atom is -0.423 e. The van der Waals surface area contributed by atoms with Crippen LogP contribution in [-0.2, 0) is 19.4 Å². The summed E-state index contributed by atoms with van der Waals surface area (Å²) in [5.41, 5.74) is 4.85. The van der Waals surface area contributed by atoms with Gasteiger partial charge in [-0.05, 0) is 47.7 Å². The fourth-order valence-electron chi connectivity index (χ4n) is 2.74. The second kappa shape index (κ2) is 6.69. The molecule has 1 N–H and O–H groups in total. The first-order valence-electron chi connectivity index (χ1n) is 8.08. The first-order chi connectivity index (χ1) is 11.2. The van der Waals surface area contributed by atoms with Gasteiger partial charge < -0.3 is 9.73 Å². The van der Waals surface area contributed by atoms with Gasteiger partial charge in [0, 0.05) is 23.7 Å². The van der Waals surface area contributed by atoms with Gasteiger partial charge in [0.1, 0.15) is 5.58 Å². The van der Waals surface area contributed by atoms with Gasteiger partial charge in [0.05, 0.1) is 0 Å². The Balaban J connectivity index is 1.91. The van der Waals surface area contributed by atoms with Crippen LogP contribution < -0.4 is 10.9 Å². The van der Waals surface area contributed by atoms with E-state index in [1.807, 2.05) is 24.3 Å². The molecule has 23 heavy (non-hydrogen) atoms. The molecule has 0 bridgehead atoms. The summed E-state index contributed by atoms with van der Waals surface area (Å²) in [5, 5.41) is 4.39. The van der Waals surface area contributed by atoms with E-state index in [9.17, 15) is 4.79 Å². The van der Waals surface area contributed by atoms with Gasteiger partial charge in [-0.2, -0.15) is 0 Å². The summed E-state index contributed by atoms with van der Waals surface area (Å²) in [6.45, 7) is 4.83. The SMILES string of the molecule is CCc1cccc(NCc2cc(=O)oc3cc(CC)ccc23)c1. The third-order valence-electron chi connectivity index (χ3n) is 4.12. The minimum absolute atomic E-state index is 0.301. The van der Waals surface area contributed by atoms with Crippen LogP contribution in [0, 0.1) is 0 Å². The largest absolute Gasteiger partial charge is 0.423 e. The molecule has 1 heterocycles. The molecule has 118 valence electrons. The van der Waals surface area contributed by atoms with E-state index in [2.05, 4.69) is 37.4 Å². The van der Waals surface area contributed by atoms with Gasteiger partial charge in [-0.1, -0.05) is 38.1 Å². The molecule has 3 nitrogen and oxygen atoms in total. The van der Waals surface area contributed by atoms with Gasteiger partial charge in [-0.15, -0.1) is 0 Å². The fraction of sp³-hybridized carbons (Fsp3) is 0.250. The molecular formula is C20H21NO2. The third-order valence-corrected chi connectivity index (χ3v) is 4.12. The molecule has 0 aliphatic heterocycles. The van der Waals surface area contributed by atoms with Gasteiger partial charge in [0.15, 0.2) is 0 Å². The zero-order valence-electron chi connectivity index (χ0n) is 13.6. The molecule has 3 aromatic rings. The van der Waals surface area contributed by atoms with Crippen LogP contribution in [0.4, 0.5) is 5.69 Å². The van der Waals surface area contributed by atoms with E-state index in [1.54, 1.807) is 6.07 Å². The molecule has 3 heteroatoms. The van der Waals surface area contributed by atoms with Gasteiger partial charge >= 0.3 is 5.63 Å². The lowest BCUT2D eigenvalue weighted by molar-refractivity contribution is 0.559. The average Bonchev–Trinajstić information content (AvgIpc) is 2.59. The highest BCUT2D eigenvalue weighted by molar-refractivity contribution is 5.81. The maximum atomic E-state index is 11.8. The molecule has 3 rings (SSSR count). The average molecular weight is 307 g/mol. The van der Waals surface area contributed by atoms with Crippen molar-refractivity contribution >= 4 is 16.7 Å². The molecule has 0 amide bonds. The van der Waals surface area contributed by atoms with E-state index >= 15 is 0 Å². The lowest BCUT2D eigenvalue weighted by atomic mass is 10.1. The van der Waals surface area contributed by atoms with Crippen molar-refractivity contribution in [2.24, 2.45) is 0 Å². The summed E-state index contributed by atoms with van der Waals surface area (Å²) in [6.07, 6.45) is 1.93. The molecule has 2 aromatic carbocycles. The van der Waals surface area contributed by atoms with Crippen LogP contribution in [0.25, 0.3) is 11.0 Å². The Kier molecular flexibility index (Phi) is 4.47. The molecule has 0 saturated carbocycles. The fourth-order valence-corrected chi connectivity index (χ4v) is 2.74. The van der Waals surface area contributed by atoms with Crippen molar-refractivity contribution < 1.29 is 4.42 Å². The van der Waals surface area contributed by atoms with Crippen molar-refractivity contribution in [3.05, 3.63) is 75.6 Å². The lowest BCUT2D eigenvalue weighted by Gasteiger charge is -2.10. The Morgan fingerprint density at radius 2 is 1.74 bits per heavy atom. The standard InChI is InChI=1S/C20H21NO2/c1-3-14-6-5-7-17(10-14)21-13-16-12-20(22)23-19-11-15(4-2)8-9-18(16)19/h5-12,21H,3-4,13H2,1-2H3. The van der Waals surface area contributed by atoms with Crippen LogP contribution in [0.3, 0.4) is 0 Å². The molecule has 1 aromatic heterocycles. The predicted octanol–water partition coefficient (Wildman–Crippen LogP) is 4.53. The molecular weight excluding hydrogens is 286 g/mol. The Morgan fingerprint density at radius 1 is 0.957 bits per heavy atom. The van der Waals surface area contributed by atoms with Gasteiger partial charge in [-0.25, -0.2) is 4.79 Å². The third kappa shape index (κ3) is 3.45. The number of aryl methyl sites for hydroxylation is 2. The summed E-state index contributed by atoms with van der Waals surface area (Å²) in [5.74, 6) is 0. The van der Waals surface area contributed by atoms with E-state index in [4.69, 9.17) is 4.42 Å². The number of benzene rings is 2. The van der Waals surface area contributed by atoms with Crippen LogP contribution in [0.2, 0.25) is 0 Å². The van der Waals surface area contributed by atoms with Gasteiger partial charge in [-0.3, -0.25) is 0 Å². The summed E-state index contributed by atoms with van der Waals surface area (Å²) in [4.78, 5) is 11.8. The molecule has 0 aliphatic rings. The van der Waals surface area contributed by atoms with Crippen LogP contribution in [0.15, 0.2) is 57.7 Å². The minimum atomic E-state index is -0.301. The predicted molar refractivity (Wildman–Crippen MR) is 95.0 cm³/mol. The van der Waals surface area contributed by atoms with Crippen molar-refractivity contribution in [3.8, 4) is 0 Å².